The van der Waals surface area contributed by atoms with E-state index in [-0.39, 0.29) is 5.91 Å². The smallest absolute Gasteiger partial charge is 0.289 e. The molecule has 1 aromatic heterocycles. The van der Waals surface area contributed by atoms with Crippen LogP contribution in [0.15, 0.2) is 16.5 Å². The first-order valence-electron chi connectivity index (χ1n) is 7.05. The van der Waals surface area contributed by atoms with Crippen LogP contribution in [0.4, 0.5) is 0 Å². The summed E-state index contributed by atoms with van der Waals surface area (Å²) >= 11 is 0. The average Bonchev–Trinajstić information content (AvgIpc) is 2.79. The summed E-state index contributed by atoms with van der Waals surface area (Å²) < 4.78 is 5.54. The molecule has 1 aliphatic heterocycles. The number of carbonyl (C=O) groups is 1. The Bertz CT molecular complexity index is 417. The molecule has 0 atom stereocenters. The quantitative estimate of drug-likeness (QED) is 0.880. The van der Waals surface area contributed by atoms with Crippen molar-refractivity contribution in [3.8, 4) is 0 Å². The molecule has 106 valence electrons. The van der Waals surface area contributed by atoms with E-state index in [0.29, 0.717) is 12.3 Å². The van der Waals surface area contributed by atoms with E-state index < -0.39 is 0 Å². The maximum absolute atomic E-state index is 12.3. The lowest BCUT2D eigenvalue weighted by atomic mass is 10.3. The minimum Gasteiger partial charge on any atom is -0.456 e. The molecule has 0 bridgehead atoms. The van der Waals surface area contributed by atoms with Gasteiger partial charge in [-0.05, 0) is 25.1 Å². The van der Waals surface area contributed by atoms with Crippen molar-refractivity contribution >= 4 is 5.91 Å². The summed E-state index contributed by atoms with van der Waals surface area (Å²) in [5.74, 6) is 1.33. The summed E-state index contributed by atoms with van der Waals surface area (Å²) in [6.07, 6.45) is 1.81. The highest BCUT2D eigenvalue weighted by Crippen LogP contribution is 2.13. The topological polar surface area (TPSA) is 62.7 Å². The third kappa shape index (κ3) is 3.58. The Hall–Kier alpha value is -1.33. The lowest BCUT2D eigenvalue weighted by molar-refractivity contribution is 0.0728. The number of amides is 1. The summed E-state index contributed by atoms with van der Waals surface area (Å²) in [6.45, 7) is 7.05. The number of furan rings is 1. The van der Waals surface area contributed by atoms with E-state index in [1.165, 1.54) is 0 Å². The minimum absolute atomic E-state index is 0.00861. The molecular formula is C14H23N3O2. The Labute approximate surface area is 114 Å². The van der Waals surface area contributed by atoms with Crippen LogP contribution in [0.1, 0.15) is 29.7 Å². The van der Waals surface area contributed by atoms with Crippen LogP contribution in [-0.4, -0.2) is 55.0 Å². The molecule has 1 aliphatic rings. The molecule has 0 radical (unpaired) electrons. The van der Waals surface area contributed by atoms with Crippen LogP contribution in [0.2, 0.25) is 0 Å². The highest BCUT2D eigenvalue weighted by atomic mass is 16.4. The fraction of sp³-hybridized carbons (Fsp3) is 0.643. The molecule has 1 saturated heterocycles. The number of rotatable bonds is 4. The second-order valence-electron chi connectivity index (χ2n) is 4.90. The van der Waals surface area contributed by atoms with E-state index >= 15 is 0 Å². The number of aryl methyl sites for hydroxylation is 1. The second kappa shape index (κ2) is 6.73. The van der Waals surface area contributed by atoms with Crippen LogP contribution < -0.4 is 5.73 Å². The molecule has 2 N–H and O–H groups in total. The van der Waals surface area contributed by atoms with Gasteiger partial charge in [-0.3, -0.25) is 4.79 Å². The van der Waals surface area contributed by atoms with Gasteiger partial charge in [-0.1, -0.05) is 6.92 Å². The fourth-order valence-corrected chi connectivity index (χ4v) is 2.42. The molecule has 2 rings (SSSR count). The van der Waals surface area contributed by atoms with Crippen molar-refractivity contribution in [2.75, 3.05) is 39.3 Å². The van der Waals surface area contributed by atoms with Crippen molar-refractivity contribution in [1.82, 2.24) is 9.80 Å². The molecule has 0 spiro atoms. The molecule has 1 amide bonds. The zero-order chi connectivity index (χ0) is 13.7. The average molecular weight is 265 g/mol. The molecule has 0 saturated carbocycles. The van der Waals surface area contributed by atoms with Crippen LogP contribution >= 0.6 is 0 Å². The van der Waals surface area contributed by atoms with E-state index in [0.717, 1.165) is 51.3 Å². The number of carbonyl (C=O) groups excluding carboxylic acids is 1. The van der Waals surface area contributed by atoms with E-state index in [1.54, 1.807) is 6.07 Å². The molecule has 2 heterocycles. The highest BCUT2D eigenvalue weighted by Gasteiger charge is 2.22. The van der Waals surface area contributed by atoms with Crippen LogP contribution in [0, 0.1) is 0 Å². The number of nitrogens with zero attached hydrogens (tertiary/aromatic N) is 2. The molecular weight excluding hydrogens is 242 g/mol. The van der Waals surface area contributed by atoms with Gasteiger partial charge in [0.05, 0.1) is 0 Å². The third-order valence-electron chi connectivity index (χ3n) is 3.54. The Balaban J connectivity index is 1.95. The summed E-state index contributed by atoms with van der Waals surface area (Å²) in [4.78, 5) is 16.5. The number of hydrogen-bond donors (Lipinski definition) is 1. The summed E-state index contributed by atoms with van der Waals surface area (Å²) in [5.41, 5.74) is 5.58. The lowest BCUT2D eigenvalue weighted by Gasteiger charge is -2.20. The zero-order valence-corrected chi connectivity index (χ0v) is 11.6. The Morgan fingerprint density at radius 2 is 2.16 bits per heavy atom. The molecule has 1 aromatic rings. The Kier molecular flexibility index (Phi) is 4.99. The summed E-state index contributed by atoms with van der Waals surface area (Å²) in [7, 11) is 0. The summed E-state index contributed by atoms with van der Waals surface area (Å²) in [5, 5.41) is 0. The lowest BCUT2D eigenvalue weighted by Crippen LogP contribution is -2.36. The van der Waals surface area contributed by atoms with Gasteiger partial charge in [0.15, 0.2) is 5.76 Å². The van der Waals surface area contributed by atoms with Crippen molar-refractivity contribution in [3.63, 3.8) is 0 Å². The third-order valence-corrected chi connectivity index (χ3v) is 3.54. The van der Waals surface area contributed by atoms with Crippen molar-refractivity contribution in [3.05, 3.63) is 23.7 Å². The van der Waals surface area contributed by atoms with Gasteiger partial charge in [-0.15, -0.1) is 0 Å². The first-order valence-corrected chi connectivity index (χ1v) is 7.05. The van der Waals surface area contributed by atoms with Gasteiger partial charge >= 0.3 is 0 Å². The molecule has 0 unspecified atom stereocenters. The second-order valence-corrected chi connectivity index (χ2v) is 4.90. The fourth-order valence-electron chi connectivity index (χ4n) is 2.42. The Morgan fingerprint density at radius 3 is 2.84 bits per heavy atom. The van der Waals surface area contributed by atoms with E-state index in [4.69, 9.17) is 10.2 Å². The van der Waals surface area contributed by atoms with Gasteiger partial charge < -0.3 is 20.0 Å². The molecule has 19 heavy (non-hydrogen) atoms. The SMILES string of the molecule is CCc1ccc(C(=O)N2CCCN(CCN)CC2)o1. The van der Waals surface area contributed by atoms with Gasteiger partial charge in [0.25, 0.3) is 5.91 Å². The van der Waals surface area contributed by atoms with E-state index in [2.05, 4.69) is 4.90 Å². The van der Waals surface area contributed by atoms with Crippen LogP contribution in [0.25, 0.3) is 0 Å². The summed E-state index contributed by atoms with van der Waals surface area (Å²) in [6, 6.07) is 3.66. The first kappa shape index (κ1) is 14.1. The molecule has 0 aromatic carbocycles. The maximum atomic E-state index is 12.3. The predicted octanol–water partition coefficient (Wildman–Crippen LogP) is 0.949. The molecule has 5 nitrogen and oxygen atoms in total. The zero-order valence-electron chi connectivity index (χ0n) is 11.6. The maximum Gasteiger partial charge on any atom is 0.289 e. The molecule has 5 heteroatoms. The van der Waals surface area contributed by atoms with E-state index in [1.807, 2.05) is 17.9 Å². The van der Waals surface area contributed by atoms with Crippen molar-refractivity contribution in [1.29, 1.82) is 0 Å². The van der Waals surface area contributed by atoms with Gasteiger partial charge in [-0.2, -0.15) is 0 Å². The molecule has 1 fully saturated rings. The monoisotopic (exact) mass is 265 g/mol. The van der Waals surface area contributed by atoms with E-state index in [9.17, 15) is 4.79 Å². The Morgan fingerprint density at radius 1 is 1.32 bits per heavy atom. The van der Waals surface area contributed by atoms with Crippen molar-refractivity contribution in [2.45, 2.75) is 19.8 Å². The van der Waals surface area contributed by atoms with Crippen LogP contribution in [-0.2, 0) is 6.42 Å². The standard InChI is InChI=1S/C14H23N3O2/c1-2-12-4-5-13(19-12)14(18)17-8-3-7-16(9-6-15)10-11-17/h4-5H,2-3,6-11,15H2,1H3. The van der Waals surface area contributed by atoms with Crippen molar-refractivity contribution in [2.24, 2.45) is 5.73 Å². The van der Waals surface area contributed by atoms with Crippen LogP contribution in [0.3, 0.4) is 0 Å². The predicted molar refractivity (Wildman–Crippen MR) is 74.1 cm³/mol. The van der Waals surface area contributed by atoms with Gasteiger partial charge in [0.2, 0.25) is 0 Å². The minimum atomic E-state index is 0.00861. The normalized spacial score (nSPS) is 17.5. The number of hydrogen-bond acceptors (Lipinski definition) is 4. The largest absolute Gasteiger partial charge is 0.456 e. The van der Waals surface area contributed by atoms with Gasteiger partial charge in [0, 0.05) is 39.1 Å². The number of nitrogens with two attached hydrogens (primary N) is 1. The van der Waals surface area contributed by atoms with Gasteiger partial charge in [0.1, 0.15) is 5.76 Å². The van der Waals surface area contributed by atoms with Crippen LogP contribution in [0.5, 0.6) is 0 Å². The van der Waals surface area contributed by atoms with Gasteiger partial charge in [-0.25, -0.2) is 0 Å². The highest BCUT2D eigenvalue weighted by molar-refractivity contribution is 5.91. The molecule has 0 aliphatic carbocycles. The van der Waals surface area contributed by atoms with Crippen molar-refractivity contribution < 1.29 is 9.21 Å². The first-order chi connectivity index (χ1) is 9.24.